The SMILES string of the molecule is CCNC(=NCCc1nnc2ccccn12)N1CCC(c2ccccc2)C(C)C1.I. The van der Waals surface area contributed by atoms with Gasteiger partial charge in [0.1, 0.15) is 5.82 Å². The van der Waals surface area contributed by atoms with Crippen molar-refractivity contribution in [2.24, 2.45) is 10.9 Å². The van der Waals surface area contributed by atoms with E-state index in [2.05, 4.69) is 64.6 Å². The van der Waals surface area contributed by atoms with Gasteiger partial charge in [-0.2, -0.15) is 0 Å². The molecule has 3 heterocycles. The number of piperidine rings is 1. The van der Waals surface area contributed by atoms with Crippen molar-refractivity contribution in [3.05, 3.63) is 66.1 Å². The molecule has 7 heteroatoms. The number of likely N-dealkylation sites (tertiary alicyclic amines) is 1. The van der Waals surface area contributed by atoms with Crippen molar-refractivity contribution in [2.45, 2.75) is 32.6 Å². The number of nitrogens with zero attached hydrogens (tertiary/aromatic N) is 5. The van der Waals surface area contributed by atoms with Gasteiger partial charge in [0.2, 0.25) is 0 Å². The van der Waals surface area contributed by atoms with Crippen molar-refractivity contribution in [3.8, 4) is 0 Å². The van der Waals surface area contributed by atoms with Crippen molar-refractivity contribution >= 4 is 35.6 Å². The Hall–Kier alpha value is -2.16. The van der Waals surface area contributed by atoms with E-state index < -0.39 is 0 Å². The molecule has 160 valence electrons. The molecule has 0 spiro atoms. The Morgan fingerprint density at radius 2 is 1.93 bits per heavy atom. The first-order valence-electron chi connectivity index (χ1n) is 10.6. The van der Waals surface area contributed by atoms with Crippen molar-refractivity contribution in [1.29, 1.82) is 0 Å². The summed E-state index contributed by atoms with van der Waals surface area (Å²) in [5.41, 5.74) is 2.34. The fourth-order valence-corrected chi connectivity index (χ4v) is 4.28. The molecule has 2 unspecified atom stereocenters. The lowest BCUT2D eigenvalue weighted by Crippen LogP contribution is -2.48. The van der Waals surface area contributed by atoms with E-state index in [9.17, 15) is 0 Å². The van der Waals surface area contributed by atoms with Crippen LogP contribution in [0, 0.1) is 5.92 Å². The van der Waals surface area contributed by atoms with Gasteiger partial charge < -0.3 is 10.2 Å². The van der Waals surface area contributed by atoms with Gasteiger partial charge in [0.05, 0.1) is 0 Å². The van der Waals surface area contributed by atoms with Crippen molar-refractivity contribution in [1.82, 2.24) is 24.8 Å². The molecule has 4 rings (SSSR count). The summed E-state index contributed by atoms with van der Waals surface area (Å²) >= 11 is 0. The lowest BCUT2D eigenvalue weighted by atomic mass is 9.82. The summed E-state index contributed by atoms with van der Waals surface area (Å²) in [4.78, 5) is 7.31. The van der Waals surface area contributed by atoms with Gasteiger partial charge in [0.15, 0.2) is 11.6 Å². The zero-order valence-electron chi connectivity index (χ0n) is 17.7. The molecule has 1 saturated heterocycles. The van der Waals surface area contributed by atoms with Crippen LogP contribution < -0.4 is 5.32 Å². The highest BCUT2D eigenvalue weighted by atomic mass is 127. The Morgan fingerprint density at radius 1 is 1.13 bits per heavy atom. The van der Waals surface area contributed by atoms with Gasteiger partial charge >= 0.3 is 0 Å². The van der Waals surface area contributed by atoms with Crippen LogP contribution in [0.2, 0.25) is 0 Å². The lowest BCUT2D eigenvalue weighted by molar-refractivity contribution is 0.234. The third-order valence-electron chi connectivity index (χ3n) is 5.75. The molecule has 2 aromatic heterocycles. The molecule has 3 aromatic rings. The van der Waals surface area contributed by atoms with E-state index in [1.807, 2.05) is 28.8 Å². The van der Waals surface area contributed by atoms with Crippen LogP contribution in [0.5, 0.6) is 0 Å². The Morgan fingerprint density at radius 3 is 2.70 bits per heavy atom. The Kier molecular flexibility index (Phi) is 8.07. The molecule has 0 aliphatic carbocycles. The van der Waals surface area contributed by atoms with E-state index in [1.54, 1.807) is 0 Å². The fraction of sp³-hybridized carbons (Fsp3) is 0.435. The average Bonchev–Trinajstić information content (AvgIpc) is 3.17. The summed E-state index contributed by atoms with van der Waals surface area (Å²) in [6.07, 6.45) is 3.94. The second kappa shape index (κ2) is 10.7. The van der Waals surface area contributed by atoms with Gasteiger partial charge in [-0.05, 0) is 42.9 Å². The number of pyridine rings is 1. The number of aromatic nitrogens is 3. The van der Waals surface area contributed by atoms with Gasteiger partial charge in [0.25, 0.3) is 0 Å². The number of rotatable bonds is 5. The van der Waals surface area contributed by atoms with Gasteiger partial charge in [-0.3, -0.25) is 9.39 Å². The van der Waals surface area contributed by atoms with Gasteiger partial charge in [-0.15, -0.1) is 34.2 Å². The predicted octanol–water partition coefficient (Wildman–Crippen LogP) is 3.98. The summed E-state index contributed by atoms with van der Waals surface area (Å²) in [7, 11) is 0. The minimum atomic E-state index is 0. The van der Waals surface area contributed by atoms with Crippen LogP contribution in [0.1, 0.15) is 37.6 Å². The molecular weight excluding hydrogens is 487 g/mol. The molecular formula is C23H31IN6. The van der Waals surface area contributed by atoms with Crippen LogP contribution in [0.4, 0.5) is 0 Å². The van der Waals surface area contributed by atoms with E-state index >= 15 is 0 Å². The van der Waals surface area contributed by atoms with E-state index in [0.717, 1.165) is 49.9 Å². The topological polar surface area (TPSA) is 57.8 Å². The number of aliphatic imine (C=N–C) groups is 1. The van der Waals surface area contributed by atoms with Crippen LogP contribution >= 0.6 is 24.0 Å². The molecule has 30 heavy (non-hydrogen) atoms. The zero-order chi connectivity index (χ0) is 20.1. The summed E-state index contributed by atoms with van der Waals surface area (Å²) in [5, 5.41) is 12.0. The monoisotopic (exact) mass is 518 g/mol. The van der Waals surface area contributed by atoms with Gasteiger partial charge in [-0.25, -0.2) is 0 Å². The standard InChI is InChI=1S/C23H30N6.HI/c1-3-24-23(25-14-12-22-27-26-21-11-7-8-15-29(21)22)28-16-13-20(18(2)17-28)19-9-5-4-6-10-19;/h4-11,15,18,20H,3,12-14,16-17H2,1-2H3,(H,24,25);1H. The first-order valence-corrected chi connectivity index (χ1v) is 10.6. The van der Waals surface area contributed by atoms with Crippen LogP contribution in [0.3, 0.4) is 0 Å². The molecule has 2 atom stereocenters. The molecule has 6 nitrogen and oxygen atoms in total. The van der Waals surface area contributed by atoms with E-state index in [-0.39, 0.29) is 24.0 Å². The van der Waals surface area contributed by atoms with E-state index in [0.29, 0.717) is 18.4 Å². The van der Waals surface area contributed by atoms with Gasteiger partial charge in [0, 0.05) is 38.8 Å². The largest absolute Gasteiger partial charge is 0.357 e. The van der Waals surface area contributed by atoms with Crippen molar-refractivity contribution in [3.63, 3.8) is 0 Å². The molecule has 1 aliphatic rings. The third-order valence-corrected chi connectivity index (χ3v) is 5.75. The van der Waals surface area contributed by atoms with Gasteiger partial charge in [-0.1, -0.05) is 43.3 Å². The number of hydrogen-bond acceptors (Lipinski definition) is 3. The number of halogens is 1. The summed E-state index contributed by atoms with van der Waals surface area (Å²) < 4.78 is 2.04. The fourth-order valence-electron chi connectivity index (χ4n) is 4.28. The Labute approximate surface area is 195 Å². The van der Waals surface area contributed by atoms with Crippen LogP contribution in [0.25, 0.3) is 5.65 Å². The smallest absolute Gasteiger partial charge is 0.193 e. The normalized spacial score (nSPS) is 19.5. The molecule has 1 N–H and O–H groups in total. The van der Waals surface area contributed by atoms with Crippen molar-refractivity contribution < 1.29 is 0 Å². The molecule has 0 saturated carbocycles. The highest BCUT2D eigenvalue weighted by molar-refractivity contribution is 14.0. The predicted molar refractivity (Wildman–Crippen MR) is 133 cm³/mol. The van der Waals surface area contributed by atoms with E-state index in [4.69, 9.17) is 4.99 Å². The molecule has 1 aromatic carbocycles. The average molecular weight is 518 g/mol. The van der Waals surface area contributed by atoms with Crippen LogP contribution in [-0.2, 0) is 6.42 Å². The Balaban J connectivity index is 0.00000256. The number of nitrogens with one attached hydrogen (secondary N) is 1. The van der Waals surface area contributed by atoms with E-state index in [1.165, 1.54) is 5.56 Å². The molecule has 0 radical (unpaired) electrons. The molecule has 1 aliphatic heterocycles. The second-order valence-corrected chi connectivity index (χ2v) is 7.76. The maximum atomic E-state index is 4.90. The number of guanidine groups is 1. The third kappa shape index (κ3) is 5.11. The number of hydrogen-bond donors (Lipinski definition) is 1. The second-order valence-electron chi connectivity index (χ2n) is 7.76. The first kappa shape index (κ1) is 22.5. The summed E-state index contributed by atoms with van der Waals surface area (Å²) in [5.74, 6) is 3.18. The minimum absolute atomic E-state index is 0. The zero-order valence-corrected chi connectivity index (χ0v) is 20.1. The van der Waals surface area contributed by atoms with Crippen LogP contribution in [-0.4, -0.2) is 51.6 Å². The van der Waals surface area contributed by atoms with Crippen LogP contribution in [0.15, 0.2) is 59.7 Å². The minimum Gasteiger partial charge on any atom is -0.357 e. The number of benzene rings is 1. The lowest BCUT2D eigenvalue weighted by Gasteiger charge is -2.39. The molecule has 0 bridgehead atoms. The van der Waals surface area contributed by atoms with Crippen molar-refractivity contribution in [2.75, 3.05) is 26.2 Å². The molecule has 0 amide bonds. The first-order chi connectivity index (χ1) is 14.3. The summed E-state index contributed by atoms with van der Waals surface area (Å²) in [6.45, 7) is 8.12. The maximum absolute atomic E-state index is 4.90. The quantitative estimate of drug-likeness (QED) is 0.316. The highest BCUT2D eigenvalue weighted by Gasteiger charge is 2.28. The highest BCUT2D eigenvalue weighted by Crippen LogP contribution is 2.32. The maximum Gasteiger partial charge on any atom is 0.193 e. The summed E-state index contributed by atoms with van der Waals surface area (Å²) in [6, 6.07) is 16.9. The number of fused-ring (bicyclic) bond motifs is 1. The molecule has 1 fully saturated rings. The Bertz CT molecular complexity index is 954.